The Bertz CT molecular complexity index is 671. The second kappa shape index (κ2) is 5.66. The Kier molecular flexibility index (Phi) is 3.95. The van der Waals surface area contributed by atoms with Crippen LogP contribution in [0.2, 0.25) is 0 Å². The van der Waals surface area contributed by atoms with Crippen LogP contribution in [0.15, 0.2) is 42.5 Å². The van der Waals surface area contributed by atoms with E-state index in [-0.39, 0.29) is 10.6 Å². The van der Waals surface area contributed by atoms with Gasteiger partial charge in [-0.2, -0.15) is 0 Å². The molecule has 20 heavy (non-hydrogen) atoms. The number of rotatable bonds is 4. The Morgan fingerprint density at radius 1 is 1.05 bits per heavy atom. The van der Waals surface area contributed by atoms with Crippen LogP contribution in [-0.2, 0) is 0 Å². The summed E-state index contributed by atoms with van der Waals surface area (Å²) in [5, 5.41) is 3.00. The molecule has 2 rings (SSSR count). The number of hydrogen-bond donors (Lipinski definition) is 3. The lowest BCUT2D eigenvalue weighted by atomic mass is 10.1. The zero-order chi connectivity index (χ0) is 14.7. The van der Waals surface area contributed by atoms with E-state index >= 15 is 0 Å². The van der Waals surface area contributed by atoms with Crippen LogP contribution in [-0.4, -0.2) is 10.9 Å². The molecule has 0 aromatic heterocycles. The monoisotopic (exact) mass is 289 g/mol. The Morgan fingerprint density at radius 2 is 1.65 bits per heavy atom. The first-order valence-electron chi connectivity index (χ1n) is 5.73. The number of nitrogens with two attached hydrogens (primary N) is 2. The van der Waals surface area contributed by atoms with Crippen molar-refractivity contribution in [1.82, 2.24) is 0 Å². The highest BCUT2D eigenvalue weighted by Crippen LogP contribution is 2.20. The van der Waals surface area contributed by atoms with Gasteiger partial charge in [-0.05, 0) is 42.5 Å². The van der Waals surface area contributed by atoms with Crippen molar-refractivity contribution in [3.8, 4) is 0 Å². The van der Waals surface area contributed by atoms with Crippen molar-refractivity contribution in [2.75, 3.05) is 5.32 Å². The van der Waals surface area contributed by atoms with E-state index in [0.29, 0.717) is 16.9 Å². The number of thiocarbonyl (C=S) groups is 1. The molecule has 0 aliphatic carbocycles. The quantitative estimate of drug-likeness (QED) is 0.754. The standard InChI is InChI=1S/C14H12FN3OS/c15-12-7-10(5-6-11(12)14(17)20)18-9-3-1-8(2-4-9)13(16)19/h1-7,18H,(H2,16,19)(H2,17,20). The molecule has 0 fully saturated rings. The Morgan fingerprint density at radius 3 is 2.15 bits per heavy atom. The maximum atomic E-state index is 13.7. The van der Waals surface area contributed by atoms with Gasteiger partial charge in [-0.25, -0.2) is 4.39 Å². The van der Waals surface area contributed by atoms with E-state index in [2.05, 4.69) is 5.32 Å². The van der Waals surface area contributed by atoms with Crippen molar-refractivity contribution in [1.29, 1.82) is 0 Å². The highest BCUT2D eigenvalue weighted by molar-refractivity contribution is 7.80. The molecule has 0 aliphatic rings. The fourth-order valence-corrected chi connectivity index (χ4v) is 1.84. The molecule has 0 saturated carbocycles. The van der Waals surface area contributed by atoms with E-state index in [1.54, 1.807) is 30.3 Å². The summed E-state index contributed by atoms with van der Waals surface area (Å²) in [4.78, 5) is 11.0. The molecule has 0 heterocycles. The van der Waals surface area contributed by atoms with E-state index in [0.717, 1.165) is 0 Å². The van der Waals surface area contributed by atoms with E-state index in [9.17, 15) is 9.18 Å². The maximum Gasteiger partial charge on any atom is 0.248 e. The molecule has 2 aromatic carbocycles. The molecular formula is C14H12FN3OS. The van der Waals surface area contributed by atoms with Crippen LogP contribution in [0.1, 0.15) is 15.9 Å². The van der Waals surface area contributed by atoms with Gasteiger partial charge in [-0.1, -0.05) is 12.2 Å². The summed E-state index contributed by atoms with van der Waals surface area (Å²) in [5.74, 6) is -0.986. The van der Waals surface area contributed by atoms with Crippen molar-refractivity contribution in [2.45, 2.75) is 0 Å². The van der Waals surface area contributed by atoms with Gasteiger partial charge in [0.25, 0.3) is 0 Å². The maximum absolute atomic E-state index is 13.7. The van der Waals surface area contributed by atoms with Crippen molar-refractivity contribution < 1.29 is 9.18 Å². The van der Waals surface area contributed by atoms with Crippen molar-refractivity contribution in [3.63, 3.8) is 0 Å². The predicted octanol–water partition coefficient (Wildman–Crippen LogP) is 2.30. The SMILES string of the molecule is NC(=O)c1ccc(Nc2ccc(C(N)=S)c(F)c2)cc1. The Labute approximate surface area is 120 Å². The number of anilines is 2. The molecule has 0 bridgehead atoms. The summed E-state index contributed by atoms with van der Waals surface area (Å²) in [6.45, 7) is 0. The van der Waals surface area contributed by atoms with E-state index in [1.165, 1.54) is 12.1 Å². The van der Waals surface area contributed by atoms with Crippen LogP contribution in [0.25, 0.3) is 0 Å². The number of carbonyl (C=O) groups is 1. The average molecular weight is 289 g/mol. The number of benzene rings is 2. The van der Waals surface area contributed by atoms with Gasteiger partial charge in [0, 0.05) is 22.5 Å². The second-order valence-corrected chi connectivity index (χ2v) is 4.57. The number of hydrogen-bond acceptors (Lipinski definition) is 3. The fraction of sp³-hybridized carbons (Fsp3) is 0. The number of halogens is 1. The minimum atomic E-state index is -0.497. The minimum Gasteiger partial charge on any atom is -0.389 e. The van der Waals surface area contributed by atoms with Crippen LogP contribution >= 0.6 is 12.2 Å². The topological polar surface area (TPSA) is 81.1 Å². The molecule has 6 heteroatoms. The Balaban J connectivity index is 2.19. The van der Waals surface area contributed by atoms with Crippen LogP contribution in [0.5, 0.6) is 0 Å². The average Bonchev–Trinajstić information content (AvgIpc) is 2.39. The molecule has 2 aromatic rings. The molecule has 0 spiro atoms. The van der Waals surface area contributed by atoms with Gasteiger partial charge >= 0.3 is 0 Å². The molecule has 1 amide bonds. The molecule has 0 radical (unpaired) electrons. The zero-order valence-electron chi connectivity index (χ0n) is 10.4. The van der Waals surface area contributed by atoms with Crippen molar-refractivity contribution in [2.24, 2.45) is 11.5 Å². The van der Waals surface area contributed by atoms with Crippen molar-refractivity contribution in [3.05, 3.63) is 59.4 Å². The summed E-state index contributed by atoms with van der Waals surface area (Å²) in [6.07, 6.45) is 0. The summed E-state index contributed by atoms with van der Waals surface area (Å²) in [5.41, 5.74) is 12.4. The zero-order valence-corrected chi connectivity index (χ0v) is 11.2. The van der Waals surface area contributed by atoms with Gasteiger partial charge in [-0.15, -0.1) is 0 Å². The predicted molar refractivity (Wildman–Crippen MR) is 80.5 cm³/mol. The van der Waals surface area contributed by atoms with Gasteiger partial charge in [-0.3, -0.25) is 4.79 Å². The van der Waals surface area contributed by atoms with Gasteiger partial charge in [0.05, 0.1) is 0 Å². The summed E-state index contributed by atoms with van der Waals surface area (Å²) >= 11 is 4.73. The third-order valence-corrected chi connectivity index (χ3v) is 2.91. The lowest BCUT2D eigenvalue weighted by Gasteiger charge is -2.08. The number of primary amides is 1. The van der Waals surface area contributed by atoms with Gasteiger partial charge in [0.15, 0.2) is 0 Å². The van der Waals surface area contributed by atoms with Crippen LogP contribution in [0, 0.1) is 5.82 Å². The highest BCUT2D eigenvalue weighted by Gasteiger charge is 2.06. The molecule has 102 valence electrons. The van der Waals surface area contributed by atoms with Crippen LogP contribution in [0.3, 0.4) is 0 Å². The third kappa shape index (κ3) is 3.10. The fourth-order valence-electron chi connectivity index (χ4n) is 1.68. The second-order valence-electron chi connectivity index (χ2n) is 4.13. The van der Waals surface area contributed by atoms with Gasteiger partial charge in [0.1, 0.15) is 10.8 Å². The molecular weight excluding hydrogens is 277 g/mol. The first-order chi connectivity index (χ1) is 9.47. The van der Waals surface area contributed by atoms with Crippen LogP contribution < -0.4 is 16.8 Å². The van der Waals surface area contributed by atoms with Gasteiger partial charge in [0.2, 0.25) is 5.91 Å². The number of carbonyl (C=O) groups excluding carboxylic acids is 1. The van der Waals surface area contributed by atoms with Crippen molar-refractivity contribution >= 4 is 34.5 Å². The molecule has 0 unspecified atom stereocenters. The summed E-state index contributed by atoms with van der Waals surface area (Å²) in [6, 6.07) is 11.0. The largest absolute Gasteiger partial charge is 0.389 e. The third-order valence-electron chi connectivity index (χ3n) is 2.69. The number of nitrogens with one attached hydrogen (secondary N) is 1. The number of amides is 1. The van der Waals surface area contributed by atoms with E-state index in [1.807, 2.05) is 0 Å². The molecule has 5 N–H and O–H groups in total. The normalized spacial score (nSPS) is 10.1. The molecule has 0 atom stereocenters. The van der Waals surface area contributed by atoms with E-state index in [4.69, 9.17) is 23.7 Å². The van der Waals surface area contributed by atoms with Crippen LogP contribution in [0.4, 0.5) is 15.8 Å². The summed E-state index contributed by atoms with van der Waals surface area (Å²) < 4.78 is 13.7. The molecule has 0 aliphatic heterocycles. The summed E-state index contributed by atoms with van der Waals surface area (Å²) in [7, 11) is 0. The Hall–Kier alpha value is -2.47. The highest BCUT2D eigenvalue weighted by atomic mass is 32.1. The lowest BCUT2D eigenvalue weighted by molar-refractivity contribution is 0.100. The minimum absolute atomic E-state index is 0.0138. The van der Waals surface area contributed by atoms with Gasteiger partial charge < -0.3 is 16.8 Å². The molecule has 0 saturated heterocycles. The smallest absolute Gasteiger partial charge is 0.248 e. The first-order valence-corrected chi connectivity index (χ1v) is 6.14. The lowest BCUT2D eigenvalue weighted by Crippen LogP contribution is -2.11. The molecule has 4 nitrogen and oxygen atoms in total. The van der Waals surface area contributed by atoms with E-state index < -0.39 is 11.7 Å². The first kappa shape index (κ1) is 14.0.